The molecule has 2 heterocycles. The third kappa shape index (κ3) is 3.09. The van der Waals surface area contributed by atoms with Crippen LogP contribution in [0.1, 0.15) is 0 Å². The largest absolute Gasteiger partial charge is 0.383 e. The van der Waals surface area contributed by atoms with Crippen LogP contribution >= 0.6 is 10.7 Å². The maximum Gasteiger partial charge on any atom is 0.296 e. The van der Waals surface area contributed by atoms with Gasteiger partial charge in [-0.25, -0.2) is 8.42 Å². The summed E-state index contributed by atoms with van der Waals surface area (Å²) in [6, 6.07) is 3.48. The zero-order chi connectivity index (χ0) is 13.9. The van der Waals surface area contributed by atoms with Crippen LogP contribution in [-0.2, 0) is 20.3 Å². The molecule has 0 saturated carbocycles. The normalized spacial score (nSPS) is 11.7. The summed E-state index contributed by atoms with van der Waals surface area (Å²) in [5.41, 5.74) is 0.651. The average molecular weight is 303 g/mol. The number of ether oxygens (including phenoxy) is 1. The molecule has 2 rings (SSSR count). The third-order valence-electron chi connectivity index (χ3n) is 2.37. The van der Waals surface area contributed by atoms with Crippen molar-refractivity contribution in [2.45, 2.75) is 11.7 Å². The Labute approximate surface area is 114 Å². The number of hydrogen-bond donors (Lipinski definition) is 0. The fourth-order valence-electron chi connectivity index (χ4n) is 1.56. The first-order valence-electron chi connectivity index (χ1n) is 5.31. The van der Waals surface area contributed by atoms with Gasteiger partial charge in [0.1, 0.15) is 0 Å². The Balaban J connectivity index is 2.53. The molecule has 0 bridgehead atoms. The SMILES string of the molecule is COCCn1c(-c2cccnc2)nnc1S(=O)(=O)Cl. The van der Waals surface area contributed by atoms with Gasteiger partial charge in [0.15, 0.2) is 5.82 Å². The van der Waals surface area contributed by atoms with Crippen LogP contribution < -0.4 is 0 Å². The summed E-state index contributed by atoms with van der Waals surface area (Å²) in [4.78, 5) is 3.96. The van der Waals surface area contributed by atoms with Crippen LogP contribution in [0.4, 0.5) is 0 Å². The molecule has 0 aliphatic heterocycles. The molecule has 0 spiro atoms. The zero-order valence-corrected chi connectivity index (χ0v) is 11.6. The van der Waals surface area contributed by atoms with Gasteiger partial charge in [0.05, 0.1) is 13.2 Å². The monoisotopic (exact) mass is 302 g/mol. The van der Waals surface area contributed by atoms with Crippen LogP contribution in [0.3, 0.4) is 0 Å². The van der Waals surface area contributed by atoms with E-state index in [4.69, 9.17) is 15.4 Å². The fraction of sp³-hybridized carbons (Fsp3) is 0.300. The highest BCUT2D eigenvalue weighted by Crippen LogP contribution is 2.21. The highest BCUT2D eigenvalue weighted by Gasteiger charge is 2.23. The molecule has 0 aliphatic carbocycles. The first kappa shape index (κ1) is 13.9. The van der Waals surface area contributed by atoms with Crippen molar-refractivity contribution in [1.29, 1.82) is 0 Å². The molecule has 0 atom stereocenters. The summed E-state index contributed by atoms with van der Waals surface area (Å²) in [5, 5.41) is 7.19. The van der Waals surface area contributed by atoms with E-state index >= 15 is 0 Å². The third-order valence-corrected chi connectivity index (χ3v) is 3.53. The van der Waals surface area contributed by atoms with Crippen LogP contribution in [0, 0.1) is 0 Å². The summed E-state index contributed by atoms with van der Waals surface area (Å²) in [7, 11) is 2.89. The maximum atomic E-state index is 11.4. The second-order valence-corrected chi connectivity index (χ2v) is 6.09. The second kappa shape index (κ2) is 5.64. The Morgan fingerprint density at radius 2 is 2.21 bits per heavy atom. The smallest absolute Gasteiger partial charge is 0.296 e. The summed E-state index contributed by atoms with van der Waals surface area (Å²) in [6.45, 7) is 0.583. The molecule has 0 aliphatic rings. The highest BCUT2D eigenvalue weighted by atomic mass is 35.7. The van der Waals surface area contributed by atoms with Gasteiger partial charge in [-0.2, -0.15) is 0 Å². The van der Waals surface area contributed by atoms with Gasteiger partial charge in [-0.3, -0.25) is 9.55 Å². The molecule has 102 valence electrons. The number of nitrogens with zero attached hydrogens (tertiary/aromatic N) is 4. The van der Waals surface area contributed by atoms with Crippen molar-refractivity contribution in [3.05, 3.63) is 24.5 Å². The molecule has 0 amide bonds. The van der Waals surface area contributed by atoms with Crippen molar-refractivity contribution < 1.29 is 13.2 Å². The topological polar surface area (TPSA) is 87.0 Å². The minimum Gasteiger partial charge on any atom is -0.383 e. The van der Waals surface area contributed by atoms with Crippen molar-refractivity contribution >= 4 is 19.7 Å². The maximum absolute atomic E-state index is 11.4. The highest BCUT2D eigenvalue weighted by molar-refractivity contribution is 8.13. The minimum atomic E-state index is -3.97. The molecule has 0 radical (unpaired) electrons. The molecular formula is C10H11ClN4O3S. The molecule has 0 fully saturated rings. The zero-order valence-electron chi connectivity index (χ0n) is 10.0. The molecule has 0 saturated heterocycles. The van der Waals surface area contributed by atoms with E-state index in [9.17, 15) is 8.42 Å². The van der Waals surface area contributed by atoms with E-state index < -0.39 is 9.05 Å². The lowest BCUT2D eigenvalue weighted by molar-refractivity contribution is 0.185. The van der Waals surface area contributed by atoms with Gasteiger partial charge in [-0.1, -0.05) is 0 Å². The van der Waals surface area contributed by atoms with Gasteiger partial charge in [-0.05, 0) is 12.1 Å². The molecule has 2 aromatic heterocycles. The van der Waals surface area contributed by atoms with Crippen molar-refractivity contribution in [3.63, 3.8) is 0 Å². The number of halogens is 1. The molecule has 9 heteroatoms. The molecule has 19 heavy (non-hydrogen) atoms. The second-order valence-electron chi connectivity index (χ2n) is 3.63. The van der Waals surface area contributed by atoms with Gasteiger partial charge in [-0.15, -0.1) is 10.2 Å². The van der Waals surface area contributed by atoms with Crippen LogP contribution in [-0.4, -0.2) is 41.9 Å². The summed E-state index contributed by atoms with van der Waals surface area (Å²) >= 11 is 0. The predicted octanol–water partition coefficient (Wildman–Crippen LogP) is 0.914. The first-order chi connectivity index (χ1) is 9.04. The van der Waals surface area contributed by atoms with Gasteiger partial charge >= 0.3 is 0 Å². The number of rotatable bonds is 5. The Morgan fingerprint density at radius 1 is 1.42 bits per heavy atom. The average Bonchev–Trinajstić information content (AvgIpc) is 2.81. The molecular weight excluding hydrogens is 292 g/mol. The summed E-state index contributed by atoms with van der Waals surface area (Å²) < 4.78 is 29.2. The first-order valence-corrected chi connectivity index (χ1v) is 7.62. The van der Waals surface area contributed by atoms with Crippen molar-refractivity contribution in [1.82, 2.24) is 19.7 Å². The van der Waals surface area contributed by atoms with Crippen LogP contribution in [0.2, 0.25) is 0 Å². The number of aromatic nitrogens is 4. The van der Waals surface area contributed by atoms with Gasteiger partial charge in [0, 0.05) is 35.7 Å². The van der Waals surface area contributed by atoms with Gasteiger partial charge in [0.25, 0.3) is 14.2 Å². The lowest BCUT2D eigenvalue weighted by Crippen LogP contribution is -2.11. The van der Waals surface area contributed by atoms with E-state index in [1.165, 1.54) is 11.7 Å². The Kier molecular flexibility index (Phi) is 4.13. The van der Waals surface area contributed by atoms with E-state index in [0.717, 1.165) is 0 Å². The van der Waals surface area contributed by atoms with Crippen molar-refractivity contribution in [2.24, 2.45) is 0 Å². The Morgan fingerprint density at radius 3 is 2.79 bits per heavy atom. The fourth-order valence-corrected chi connectivity index (χ4v) is 2.48. The number of hydrogen-bond acceptors (Lipinski definition) is 6. The van der Waals surface area contributed by atoms with E-state index in [-0.39, 0.29) is 11.7 Å². The standard InChI is InChI=1S/C10H11ClN4O3S/c1-18-6-5-15-9(8-3-2-4-12-7-8)13-14-10(15)19(11,16)17/h2-4,7H,5-6H2,1H3. The van der Waals surface area contributed by atoms with E-state index in [1.54, 1.807) is 24.5 Å². The molecule has 7 nitrogen and oxygen atoms in total. The number of pyridine rings is 1. The summed E-state index contributed by atoms with van der Waals surface area (Å²) in [5.74, 6) is 0.379. The quantitative estimate of drug-likeness (QED) is 0.763. The lowest BCUT2D eigenvalue weighted by atomic mass is 10.3. The summed E-state index contributed by atoms with van der Waals surface area (Å²) in [6.07, 6.45) is 3.18. The Bertz CT molecular complexity index is 657. The van der Waals surface area contributed by atoms with Crippen molar-refractivity contribution in [3.8, 4) is 11.4 Å². The van der Waals surface area contributed by atoms with E-state index in [2.05, 4.69) is 15.2 Å². The van der Waals surface area contributed by atoms with Crippen LogP contribution in [0.15, 0.2) is 29.7 Å². The molecule has 2 aromatic rings. The molecule has 0 N–H and O–H groups in total. The lowest BCUT2D eigenvalue weighted by Gasteiger charge is -2.07. The number of methoxy groups -OCH3 is 1. The van der Waals surface area contributed by atoms with Crippen LogP contribution in [0.5, 0.6) is 0 Å². The van der Waals surface area contributed by atoms with Gasteiger partial charge in [0.2, 0.25) is 0 Å². The van der Waals surface area contributed by atoms with E-state index in [0.29, 0.717) is 18.0 Å². The van der Waals surface area contributed by atoms with E-state index in [1.807, 2.05) is 0 Å². The van der Waals surface area contributed by atoms with Crippen molar-refractivity contribution in [2.75, 3.05) is 13.7 Å². The molecule has 0 unspecified atom stereocenters. The van der Waals surface area contributed by atoms with Gasteiger partial charge < -0.3 is 4.74 Å². The molecule has 0 aromatic carbocycles. The predicted molar refractivity (Wildman–Crippen MR) is 68.2 cm³/mol. The minimum absolute atomic E-state index is 0.273. The van der Waals surface area contributed by atoms with Crippen LogP contribution in [0.25, 0.3) is 11.4 Å². The Hall–Kier alpha value is -1.51.